The SMILES string of the molecule is CC1=NC([Se])([Se])C2C=CC=C(Br)C2=N1.[Na]. The van der Waals surface area contributed by atoms with Crippen molar-refractivity contribution in [3.8, 4) is 0 Å². The van der Waals surface area contributed by atoms with E-state index < -0.39 is 0 Å². The van der Waals surface area contributed by atoms with Crippen LogP contribution >= 0.6 is 15.9 Å². The van der Waals surface area contributed by atoms with Crippen LogP contribution in [-0.4, -0.2) is 76.5 Å². The molecular formula is C9H7BrN2NaSe2. The van der Waals surface area contributed by atoms with E-state index in [1.807, 2.05) is 19.1 Å². The molecule has 0 N–H and O–H groups in total. The van der Waals surface area contributed by atoms with Crippen molar-refractivity contribution >= 4 is 89.1 Å². The number of halogens is 1. The van der Waals surface area contributed by atoms with Crippen molar-refractivity contribution in [2.45, 2.75) is 10.3 Å². The van der Waals surface area contributed by atoms with Crippen LogP contribution in [0.1, 0.15) is 6.92 Å². The van der Waals surface area contributed by atoms with Crippen molar-refractivity contribution in [1.82, 2.24) is 0 Å². The third-order valence-corrected chi connectivity index (χ3v) is 4.20. The van der Waals surface area contributed by atoms with Crippen molar-refractivity contribution in [1.29, 1.82) is 0 Å². The summed E-state index contributed by atoms with van der Waals surface area (Å²) >= 11 is 9.67. The number of amidine groups is 1. The molecule has 0 saturated heterocycles. The molecule has 1 heterocycles. The number of allylic oxidation sites excluding steroid dienone is 3. The Labute approximate surface area is 136 Å². The van der Waals surface area contributed by atoms with Gasteiger partial charge in [0.05, 0.1) is 0 Å². The van der Waals surface area contributed by atoms with Crippen LogP contribution in [0.3, 0.4) is 0 Å². The van der Waals surface area contributed by atoms with Gasteiger partial charge in [-0.3, -0.25) is 0 Å². The maximum atomic E-state index is 4.45. The molecular weight excluding hydrogens is 397 g/mol. The number of fused-ring (bicyclic) bond motifs is 1. The first-order valence-electron chi connectivity index (χ1n) is 4.11. The summed E-state index contributed by atoms with van der Waals surface area (Å²) in [5.41, 5.74) is 1.04. The molecule has 1 atom stereocenters. The van der Waals surface area contributed by atoms with Gasteiger partial charge in [-0.1, -0.05) is 0 Å². The van der Waals surface area contributed by atoms with Gasteiger partial charge in [-0.05, 0) is 0 Å². The molecule has 0 aromatic rings. The molecule has 15 heavy (non-hydrogen) atoms. The summed E-state index contributed by atoms with van der Waals surface area (Å²) in [6, 6.07) is 0. The van der Waals surface area contributed by atoms with Crippen LogP contribution in [0.15, 0.2) is 32.7 Å². The van der Waals surface area contributed by atoms with E-state index in [1.54, 1.807) is 0 Å². The monoisotopic (exact) mass is 405 g/mol. The van der Waals surface area contributed by atoms with Crippen molar-refractivity contribution in [2.24, 2.45) is 15.9 Å². The maximum Gasteiger partial charge on any atom is 0 e. The summed E-state index contributed by atoms with van der Waals surface area (Å²) in [5, 5.41) is 0. The van der Waals surface area contributed by atoms with Gasteiger partial charge in [0.25, 0.3) is 0 Å². The first-order valence-corrected chi connectivity index (χ1v) is 6.61. The number of hydrogen-bond acceptors (Lipinski definition) is 2. The van der Waals surface area contributed by atoms with E-state index in [2.05, 4.69) is 64.0 Å². The van der Waals surface area contributed by atoms with Gasteiger partial charge in [0.1, 0.15) is 0 Å². The molecule has 0 bridgehead atoms. The zero-order valence-corrected chi connectivity index (χ0v) is 15.4. The Hall–Kier alpha value is 1.34. The minimum Gasteiger partial charge on any atom is 0 e. The number of rotatable bonds is 0. The van der Waals surface area contributed by atoms with Crippen molar-refractivity contribution < 1.29 is 0 Å². The fourth-order valence-corrected chi connectivity index (χ4v) is 3.33. The van der Waals surface area contributed by atoms with Crippen LogP contribution in [-0.2, 0) is 0 Å². The third-order valence-electron chi connectivity index (χ3n) is 2.08. The van der Waals surface area contributed by atoms with Crippen molar-refractivity contribution in [3.05, 3.63) is 22.7 Å². The summed E-state index contributed by atoms with van der Waals surface area (Å²) < 4.78 is 0.708. The molecule has 73 valence electrons. The summed E-state index contributed by atoms with van der Waals surface area (Å²) in [4.78, 5) is 8.89. The van der Waals surface area contributed by atoms with Crippen molar-refractivity contribution in [3.63, 3.8) is 0 Å². The number of aliphatic imine (C=N–C) groups is 2. The van der Waals surface area contributed by atoms with Gasteiger partial charge in [-0.25, -0.2) is 0 Å². The minimum atomic E-state index is -0.328. The maximum absolute atomic E-state index is 4.45. The molecule has 2 aliphatic rings. The van der Waals surface area contributed by atoms with Gasteiger partial charge < -0.3 is 0 Å². The van der Waals surface area contributed by atoms with Gasteiger partial charge in [-0.15, -0.1) is 0 Å². The molecule has 2 nitrogen and oxygen atoms in total. The average molecular weight is 404 g/mol. The molecule has 1 aliphatic heterocycles. The standard InChI is InChI=1S/C9H7BrN2Se2.Na/c1-5-11-8-6(9(13,14)12-5)3-2-4-7(8)10;/h2-4,6H,1H3;. The summed E-state index contributed by atoms with van der Waals surface area (Å²) in [5.74, 6) is 0.986. The molecule has 0 spiro atoms. The number of hydrogen-bond donors (Lipinski definition) is 0. The second-order valence-electron chi connectivity index (χ2n) is 3.16. The third kappa shape index (κ3) is 2.97. The van der Waals surface area contributed by atoms with E-state index in [-0.39, 0.29) is 38.8 Å². The van der Waals surface area contributed by atoms with Crippen LogP contribution < -0.4 is 0 Å². The van der Waals surface area contributed by atoms with Gasteiger partial charge in [0.2, 0.25) is 0 Å². The van der Waals surface area contributed by atoms with Gasteiger partial charge >= 0.3 is 108 Å². The average Bonchev–Trinajstić information content (AvgIpc) is 2.05. The van der Waals surface area contributed by atoms with Crippen molar-refractivity contribution in [2.75, 3.05) is 0 Å². The molecule has 0 aromatic carbocycles. The topological polar surface area (TPSA) is 24.7 Å². The van der Waals surface area contributed by atoms with E-state index >= 15 is 0 Å². The first kappa shape index (κ1) is 14.4. The molecule has 2 rings (SSSR count). The second kappa shape index (κ2) is 5.32. The van der Waals surface area contributed by atoms with Crippen LogP contribution in [0.2, 0.25) is 0 Å². The van der Waals surface area contributed by atoms with E-state index in [0.717, 1.165) is 16.0 Å². The van der Waals surface area contributed by atoms with Gasteiger partial charge in [0, 0.05) is 29.6 Å². The van der Waals surface area contributed by atoms with Gasteiger partial charge in [-0.2, -0.15) is 0 Å². The molecule has 0 amide bonds. The zero-order chi connectivity index (χ0) is 10.3. The van der Waals surface area contributed by atoms with Crippen LogP contribution in [0.25, 0.3) is 0 Å². The molecule has 3 radical (unpaired) electrons. The minimum absolute atomic E-state index is 0. The Kier molecular flexibility index (Phi) is 5.11. The molecule has 1 aliphatic carbocycles. The Balaban J connectivity index is 0.00000112. The Morgan fingerprint density at radius 1 is 1.47 bits per heavy atom. The van der Waals surface area contributed by atoms with Crippen LogP contribution in [0.4, 0.5) is 0 Å². The van der Waals surface area contributed by atoms with Gasteiger partial charge in [0.15, 0.2) is 0 Å². The molecule has 6 heteroatoms. The molecule has 0 fully saturated rings. The van der Waals surface area contributed by atoms with E-state index in [4.69, 9.17) is 0 Å². The largest absolute Gasteiger partial charge is 0 e. The predicted molar refractivity (Wildman–Crippen MR) is 70.2 cm³/mol. The summed E-state index contributed by atoms with van der Waals surface area (Å²) in [7, 11) is 0. The smallest absolute Gasteiger partial charge is 0 e. The van der Waals surface area contributed by atoms with Crippen LogP contribution in [0.5, 0.6) is 0 Å². The predicted octanol–water partition coefficient (Wildman–Crippen LogP) is 0.934. The summed E-state index contributed by atoms with van der Waals surface area (Å²) in [6.45, 7) is 1.91. The second-order valence-corrected chi connectivity index (χ2v) is 7.94. The number of nitrogens with zero attached hydrogens (tertiary/aromatic N) is 2. The van der Waals surface area contributed by atoms with E-state index in [1.165, 1.54) is 0 Å². The Bertz CT molecular complexity index is 399. The first-order chi connectivity index (χ1) is 6.50. The zero-order valence-electron chi connectivity index (χ0n) is 8.40. The van der Waals surface area contributed by atoms with E-state index in [9.17, 15) is 0 Å². The van der Waals surface area contributed by atoms with Crippen LogP contribution in [0, 0.1) is 5.92 Å². The summed E-state index contributed by atoms with van der Waals surface area (Å²) in [6.07, 6.45) is 6.13. The fraction of sp³-hybridized carbons (Fsp3) is 0.333. The molecule has 0 saturated carbocycles. The molecule has 1 unspecified atom stereocenters. The Morgan fingerprint density at radius 2 is 2.13 bits per heavy atom. The fourth-order valence-electron chi connectivity index (χ4n) is 1.49. The quantitative estimate of drug-likeness (QED) is 0.538. The molecule has 0 aromatic heterocycles. The Morgan fingerprint density at radius 3 is 2.80 bits per heavy atom. The van der Waals surface area contributed by atoms with E-state index in [0.29, 0.717) is 0 Å². The normalized spacial score (nSPS) is 26.9.